The van der Waals surface area contributed by atoms with Gasteiger partial charge in [0.05, 0.1) is 12.5 Å². The molecule has 2 amide bonds. The van der Waals surface area contributed by atoms with Gasteiger partial charge in [-0.2, -0.15) is 5.26 Å². The highest BCUT2D eigenvalue weighted by Crippen LogP contribution is 2.19. The van der Waals surface area contributed by atoms with E-state index in [9.17, 15) is 9.59 Å². The van der Waals surface area contributed by atoms with Gasteiger partial charge in [-0.15, -0.1) is 0 Å². The molecule has 32 heavy (non-hydrogen) atoms. The molecule has 0 aliphatic carbocycles. The first-order valence-electron chi connectivity index (χ1n) is 10.3. The van der Waals surface area contributed by atoms with Crippen molar-refractivity contribution >= 4 is 23.2 Å². The zero-order valence-electron chi connectivity index (χ0n) is 17.6. The molecule has 0 radical (unpaired) electrons. The van der Waals surface area contributed by atoms with Crippen molar-refractivity contribution in [3.05, 3.63) is 84.7 Å². The number of carbonyl (C=O) groups excluding carboxylic acids is 2. The van der Waals surface area contributed by atoms with Crippen LogP contribution in [-0.4, -0.2) is 23.3 Å². The lowest BCUT2D eigenvalue weighted by Crippen LogP contribution is -2.32. The van der Waals surface area contributed by atoms with Crippen LogP contribution in [0.25, 0.3) is 0 Å². The van der Waals surface area contributed by atoms with Gasteiger partial charge in [-0.25, -0.2) is 0 Å². The third-order valence-corrected chi connectivity index (χ3v) is 4.63. The monoisotopic (exact) mass is 428 g/mol. The van der Waals surface area contributed by atoms with Crippen LogP contribution in [-0.2, 0) is 16.2 Å². The van der Waals surface area contributed by atoms with E-state index in [1.807, 2.05) is 48.5 Å². The summed E-state index contributed by atoms with van der Waals surface area (Å²) in [5, 5.41) is 11.7. The van der Waals surface area contributed by atoms with E-state index < -0.39 is 0 Å². The first kappa shape index (κ1) is 22.5. The number of benzene rings is 2. The Bertz CT molecular complexity index is 1070. The van der Waals surface area contributed by atoms with E-state index >= 15 is 0 Å². The van der Waals surface area contributed by atoms with E-state index in [4.69, 9.17) is 10.00 Å². The number of nitriles is 1. The van der Waals surface area contributed by atoms with Crippen LogP contribution in [0.2, 0.25) is 0 Å². The molecule has 162 valence electrons. The Morgan fingerprint density at radius 3 is 2.62 bits per heavy atom. The molecule has 0 atom stereocenters. The Morgan fingerprint density at radius 2 is 1.88 bits per heavy atom. The number of hydrogen-bond donors (Lipinski definition) is 1. The summed E-state index contributed by atoms with van der Waals surface area (Å²) in [4.78, 5) is 30.7. The number of pyridine rings is 1. The van der Waals surface area contributed by atoms with Gasteiger partial charge < -0.3 is 15.0 Å². The second-order valence-corrected chi connectivity index (χ2v) is 7.01. The molecule has 1 heterocycles. The molecule has 0 saturated carbocycles. The van der Waals surface area contributed by atoms with Gasteiger partial charge in [0.15, 0.2) is 0 Å². The topological polar surface area (TPSA) is 95.3 Å². The third-order valence-electron chi connectivity index (χ3n) is 4.63. The first-order chi connectivity index (χ1) is 15.7. The van der Waals surface area contributed by atoms with Crippen molar-refractivity contribution in [3.63, 3.8) is 0 Å². The van der Waals surface area contributed by atoms with Gasteiger partial charge in [-0.1, -0.05) is 30.3 Å². The number of hydrogen-bond acceptors (Lipinski definition) is 5. The van der Waals surface area contributed by atoms with Crippen molar-refractivity contribution in [1.82, 2.24) is 4.98 Å². The predicted octanol–water partition coefficient (Wildman–Crippen LogP) is 4.33. The second-order valence-electron chi connectivity index (χ2n) is 7.01. The molecule has 0 spiro atoms. The minimum absolute atomic E-state index is 0.0372. The Labute approximate surface area is 187 Å². The van der Waals surface area contributed by atoms with Crippen molar-refractivity contribution in [2.24, 2.45) is 0 Å². The lowest BCUT2D eigenvalue weighted by atomic mass is 10.2. The number of rotatable bonds is 10. The maximum atomic E-state index is 12.7. The van der Waals surface area contributed by atoms with Crippen molar-refractivity contribution in [2.45, 2.75) is 25.9 Å². The van der Waals surface area contributed by atoms with E-state index in [0.717, 1.165) is 5.56 Å². The summed E-state index contributed by atoms with van der Waals surface area (Å²) in [5.41, 5.74) is 2.25. The maximum absolute atomic E-state index is 12.7. The molecule has 7 heteroatoms. The largest absolute Gasteiger partial charge is 0.489 e. The predicted molar refractivity (Wildman–Crippen MR) is 122 cm³/mol. The molecule has 3 rings (SSSR count). The number of anilines is 2. The maximum Gasteiger partial charge on any atom is 0.227 e. The minimum Gasteiger partial charge on any atom is -0.489 e. The molecule has 0 aliphatic heterocycles. The van der Waals surface area contributed by atoms with E-state index in [1.54, 1.807) is 35.5 Å². The molecule has 3 aromatic rings. The van der Waals surface area contributed by atoms with Crippen LogP contribution in [0.1, 0.15) is 24.8 Å². The Balaban J connectivity index is 1.52. The molecule has 0 aliphatic rings. The molecular formula is C25H24N4O3. The van der Waals surface area contributed by atoms with E-state index in [-0.39, 0.29) is 37.6 Å². The van der Waals surface area contributed by atoms with Crippen LogP contribution in [0.3, 0.4) is 0 Å². The molecule has 0 unspecified atom stereocenters. The fourth-order valence-corrected chi connectivity index (χ4v) is 3.06. The average molecular weight is 428 g/mol. The smallest absolute Gasteiger partial charge is 0.227 e. The zero-order valence-corrected chi connectivity index (χ0v) is 17.6. The van der Waals surface area contributed by atoms with Gasteiger partial charge in [0.2, 0.25) is 11.8 Å². The molecule has 0 bridgehead atoms. The summed E-state index contributed by atoms with van der Waals surface area (Å²) in [7, 11) is 0. The number of para-hydroxylation sites is 1. The molecule has 1 aromatic heterocycles. The van der Waals surface area contributed by atoms with Gasteiger partial charge in [0.25, 0.3) is 0 Å². The summed E-state index contributed by atoms with van der Waals surface area (Å²) < 4.78 is 5.75. The highest BCUT2D eigenvalue weighted by molar-refractivity contribution is 5.98. The Hall–Kier alpha value is -4.18. The van der Waals surface area contributed by atoms with Crippen molar-refractivity contribution in [1.29, 1.82) is 5.26 Å². The molecular weight excluding hydrogens is 404 g/mol. The fourth-order valence-electron chi connectivity index (χ4n) is 3.06. The summed E-state index contributed by atoms with van der Waals surface area (Å²) in [5.74, 6) is 0.153. The molecule has 0 fully saturated rings. The summed E-state index contributed by atoms with van der Waals surface area (Å²) in [6.07, 6.45) is 3.74. The minimum atomic E-state index is -0.268. The van der Waals surface area contributed by atoms with Crippen LogP contribution in [0.15, 0.2) is 79.1 Å². The standard InChI is InChI=1S/C25H24N4O3/c26-14-6-16-29(22-9-2-1-3-10-22)25(31)13-12-24(30)28-21-8-4-11-23(17-21)32-19-20-7-5-15-27-18-20/h1-5,7-11,15,17-18H,6,12-13,16,19H2,(H,28,30). The van der Waals surface area contributed by atoms with Gasteiger partial charge in [0, 0.05) is 54.8 Å². The third kappa shape index (κ3) is 6.96. The van der Waals surface area contributed by atoms with Crippen molar-refractivity contribution in [2.75, 3.05) is 16.8 Å². The quantitative estimate of drug-likeness (QED) is 0.519. The Morgan fingerprint density at radius 1 is 1.03 bits per heavy atom. The number of carbonyl (C=O) groups is 2. The van der Waals surface area contributed by atoms with Crippen LogP contribution >= 0.6 is 0 Å². The zero-order chi connectivity index (χ0) is 22.6. The summed E-state index contributed by atoms with van der Waals surface area (Å²) in [6.45, 7) is 0.662. The van der Waals surface area contributed by atoms with Crippen molar-refractivity contribution < 1.29 is 14.3 Å². The number of aromatic nitrogens is 1. The van der Waals surface area contributed by atoms with Gasteiger partial charge >= 0.3 is 0 Å². The lowest BCUT2D eigenvalue weighted by molar-refractivity contribution is -0.122. The second kappa shape index (κ2) is 11.9. The first-order valence-corrected chi connectivity index (χ1v) is 10.3. The summed E-state index contributed by atoms with van der Waals surface area (Å²) >= 11 is 0. The molecule has 7 nitrogen and oxygen atoms in total. The number of amides is 2. The van der Waals surface area contributed by atoms with Gasteiger partial charge in [0.1, 0.15) is 12.4 Å². The molecule has 0 saturated heterocycles. The molecule has 1 N–H and O–H groups in total. The van der Waals surface area contributed by atoms with E-state index in [2.05, 4.69) is 16.4 Å². The van der Waals surface area contributed by atoms with Gasteiger partial charge in [-0.3, -0.25) is 14.6 Å². The van der Waals surface area contributed by atoms with Gasteiger partial charge in [-0.05, 0) is 30.3 Å². The number of nitrogens with zero attached hydrogens (tertiary/aromatic N) is 3. The van der Waals surface area contributed by atoms with E-state index in [1.165, 1.54) is 0 Å². The van der Waals surface area contributed by atoms with Crippen LogP contribution in [0.5, 0.6) is 5.75 Å². The summed E-state index contributed by atoms with van der Waals surface area (Å²) in [6, 6.07) is 22.1. The SMILES string of the molecule is N#CCCN(C(=O)CCC(=O)Nc1cccc(OCc2cccnc2)c1)c1ccccc1. The lowest BCUT2D eigenvalue weighted by Gasteiger charge is -2.21. The average Bonchev–Trinajstić information content (AvgIpc) is 2.83. The highest BCUT2D eigenvalue weighted by Gasteiger charge is 2.16. The fraction of sp³-hybridized carbons (Fsp3) is 0.200. The van der Waals surface area contributed by atoms with Crippen LogP contribution < -0.4 is 15.0 Å². The normalized spacial score (nSPS) is 10.1. The molecule has 2 aromatic carbocycles. The van der Waals surface area contributed by atoms with Crippen LogP contribution in [0.4, 0.5) is 11.4 Å². The number of ether oxygens (including phenoxy) is 1. The van der Waals surface area contributed by atoms with Crippen molar-refractivity contribution in [3.8, 4) is 11.8 Å². The van der Waals surface area contributed by atoms with Crippen LogP contribution in [0, 0.1) is 11.3 Å². The van der Waals surface area contributed by atoms with E-state index in [0.29, 0.717) is 23.7 Å². The number of nitrogens with one attached hydrogen (secondary N) is 1. The highest BCUT2D eigenvalue weighted by atomic mass is 16.5. The Kier molecular flexibility index (Phi) is 8.34.